The van der Waals surface area contributed by atoms with Crippen LogP contribution in [0.3, 0.4) is 0 Å². The molecule has 2 rings (SSSR count). The molecule has 0 spiro atoms. The fraction of sp³-hybridized carbons (Fsp3) is 0.222. The first-order valence-corrected chi connectivity index (χ1v) is 5.55. The van der Waals surface area contributed by atoms with Gasteiger partial charge in [-0.15, -0.1) is 0 Å². The Hall–Kier alpha value is -0.390. The first kappa shape index (κ1) is 10.1. The summed E-state index contributed by atoms with van der Waals surface area (Å²) >= 11 is 6.63. The van der Waals surface area contributed by atoms with E-state index in [2.05, 4.69) is 37.2 Å². The minimum absolute atomic E-state index is 0.397. The summed E-state index contributed by atoms with van der Waals surface area (Å²) < 4.78 is 1.56. The number of hydrogen-bond acceptors (Lipinski definition) is 2. The fourth-order valence-electron chi connectivity index (χ4n) is 1.52. The number of carbonyl (C=O) groups is 1. The van der Waals surface area contributed by atoms with Gasteiger partial charge in [-0.25, -0.2) is 0 Å². The number of carbonyl (C=O) groups excluding carboxylic acids is 1. The Kier molecular flexibility index (Phi) is 2.21. The van der Waals surface area contributed by atoms with Crippen molar-refractivity contribution < 1.29 is 9.90 Å². The molecule has 14 heavy (non-hydrogen) atoms. The maximum atomic E-state index is 11.4. The molecule has 0 fully saturated rings. The molecule has 1 atom stereocenters. The van der Waals surface area contributed by atoms with Crippen molar-refractivity contribution in [3.8, 4) is 0 Å². The summed E-state index contributed by atoms with van der Waals surface area (Å²) in [6.07, 6.45) is 0. The molecule has 1 amide bonds. The van der Waals surface area contributed by atoms with E-state index in [0.717, 1.165) is 4.47 Å². The Labute approximate surface area is 97.8 Å². The Morgan fingerprint density at radius 3 is 2.71 bits per heavy atom. The number of amides is 1. The van der Waals surface area contributed by atoms with Gasteiger partial charge < -0.3 is 10.4 Å². The van der Waals surface area contributed by atoms with Gasteiger partial charge in [0.1, 0.15) is 0 Å². The van der Waals surface area contributed by atoms with E-state index in [1.165, 1.54) is 6.92 Å². The molecule has 0 aromatic heterocycles. The van der Waals surface area contributed by atoms with E-state index < -0.39 is 11.5 Å². The van der Waals surface area contributed by atoms with Gasteiger partial charge in [0.15, 0.2) is 5.60 Å². The van der Waals surface area contributed by atoms with Crippen molar-refractivity contribution in [1.29, 1.82) is 0 Å². The predicted octanol–water partition coefficient (Wildman–Crippen LogP) is 2.37. The molecular weight excluding hydrogens is 314 g/mol. The van der Waals surface area contributed by atoms with Crippen molar-refractivity contribution in [2.45, 2.75) is 12.5 Å². The number of benzene rings is 1. The fourth-order valence-corrected chi connectivity index (χ4v) is 3.14. The summed E-state index contributed by atoms with van der Waals surface area (Å²) in [7, 11) is 0. The van der Waals surface area contributed by atoms with Gasteiger partial charge in [0, 0.05) is 20.2 Å². The number of nitrogens with one attached hydrogen (secondary N) is 1. The van der Waals surface area contributed by atoms with Crippen LogP contribution in [0.5, 0.6) is 0 Å². The monoisotopic (exact) mass is 319 g/mol. The van der Waals surface area contributed by atoms with Crippen LogP contribution in [-0.4, -0.2) is 11.0 Å². The van der Waals surface area contributed by atoms with Crippen LogP contribution in [0.15, 0.2) is 21.1 Å². The lowest BCUT2D eigenvalue weighted by molar-refractivity contribution is -0.131. The zero-order valence-electron chi connectivity index (χ0n) is 7.27. The summed E-state index contributed by atoms with van der Waals surface area (Å²) in [6.45, 7) is 1.48. The van der Waals surface area contributed by atoms with E-state index in [0.29, 0.717) is 15.7 Å². The van der Waals surface area contributed by atoms with Crippen molar-refractivity contribution in [2.24, 2.45) is 0 Å². The number of aliphatic hydroxyl groups is 1. The molecule has 0 bridgehead atoms. The second-order valence-corrected chi connectivity index (χ2v) is 5.11. The van der Waals surface area contributed by atoms with Crippen LogP contribution >= 0.6 is 31.9 Å². The third kappa shape index (κ3) is 1.31. The zero-order valence-corrected chi connectivity index (χ0v) is 10.4. The van der Waals surface area contributed by atoms with Gasteiger partial charge in [-0.05, 0) is 19.1 Å². The summed E-state index contributed by atoms with van der Waals surface area (Å²) in [6, 6.07) is 3.56. The smallest absolute Gasteiger partial charge is 0.260 e. The average molecular weight is 321 g/mol. The molecule has 1 aromatic carbocycles. The van der Waals surface area contributed by atoms with Crippen molar-refractivity contribution in [3.63, 3.8) is 0 Å². The molecule has 0 aliphatic carbocycles. The molecule has 74 valence electrons. The molecule has 2 N–H and O–H groups in total. The van der Waals surface area contributed by atoms with E-state index in [-0.39, 0.29) is 0 Å². The maximum absolute atomic E-state index is 11.4. The highest BCUT2D eigenvalue weighted by Crippen LogP contribution is 2.42. The van der Waals surface area contributed by atoms with Gasteiger partial charge in [-0.1, -0.05) is 31.9 Å². The van der Waals surface area contributed by atoms with E-state index in [1.807, 2.05) is 0 Å². The Balaban J connectivity index is 2.71. The van der Waals surface area contributed by atoms with Crippen LogP contribution in [0, 0.1) is 0 Å². The third-order valence-corrected chi connectivity index (χ3v) is 3.32. The summed E-state index contributed by atoms with van der Waals surface area (Å²) in [5, 5.41) is 12.5. The van der Waals surface area contributed by atoms with Gasteiger partial charge in [0.25, 0.3) is 5.91 Å². The topological polar surface area (TPSA) is 49.3 Å². The molecule has 0 saturated heterocycles. The van der Waals surface area contributed by atoms with Crippen LogP contribution in [0.25, 0.3) is 0 Å². The Morgan fingerprint density at radius 2 is 2.07 bits per heavy atom. The van der Waals surface area contributed by atoms with Crippen LogP contribution in [-0.2, 0) is 10.4 Å². The van der Waals surface area contributed by atoms with Crippen molar-refractivity contribution in [3.05, 3.63) is 26.6 Å². The lowest BCUT2D eigenvalue weighted by Gasteiger charge is -2.15. The zero-order chi connectivity index (χ0) is 10.5. The lowest BCUT2D eigenvalue weighted by Crippen LogP contribution is -2.30. The van der Waals surface area contributed by atoms with Gasteiger partial charge in [-0.3, -0.25) is 4.79 Å². The minimum atomic E-state index is -1.45. The summed E-state index contributed by atoms with van der Waals surface area (Å²) in [5.74, 6) is -0.397. The largest absolute Gasteiger partial charge is 0.375 e. The minimum Gasteiger partial charge on any atom is -0.375 e. The van der Waals surface area contributed by atoms with E-state index in [9.17, 15) is 9.90 Å². The maximum Gasteiger partial charge on any atom is 0.260 e. The predicted molar refractivity (Wildman–Crippen MR) is 60.0 cm³/mol. The number of halogens is 2. The highest BCUT2D eigenvalue weighted by Gasteiger charge is 2.42. The van der Waals surface area contributed by atoms with Crippen molar-refractivity contribution in [2.75, 3.05) is 5.32 Å². The van der Waals surface area contributed by atoms with Crippen LogP contribution in [0.4, 0.5) is 5.69 Å². The number of fused-ring (bicyclic) bond motifs is 1. The second-order valence-electron chi connectivity index (χ2n) is 3.34. The van der Waals surface area contributed by atoms with E-state index in [1.54, 1.807) is 12.1 Å². The first-order chi connectivity index (χ1) is 6.43. The van der Waals surface area contributed by atoms with Crippen LogP contribution in [0.1, 0.15) is 12.5 Å². The first-order valence-electron chi connectivity index (χ1n) is 3.96. The lowest BCUT2D eigenvalue weighted by atomic mass is 9.98. The molecule has 1 aliphatic rings. The molecule has 3 nitrogen and oxygen atoms in total. The van der Waals surface area contributed by atoms with Crippen LogP contribution < -0.4 is 5.32 Å². The Bertz CT molecular complexity index is 429. The third-order valence-electron chi connectivity index (χ3n) is 2.23. The highest BCUT2D eigenvalue weighted by molar-refractivity contribution is 9.11. The number of hydrogen-bond donors (Lipinski definition) is 2. The molecule has 1 aromatic rings. The molecule has 0 saturated carbocycles. The van der Waals surface area contributed by atoms with Crippen molar-refractivity contribution in [1.82, 2.24) is 0 Å². The van der Waals surface area contributed by atoms with Gasteiger partial charge in [0.05, 0.1) is 0 Å². The van der Waals surface area contributed by atoms with Gasteiger partial charge >= 0.3 is 0 Å². The molecule has 0 unspecified atom stereocenters. The highest BCUT2D eigenvalue weighted by atomic mass is 79.9. The quantitative estimate of drug-likeness (QED) is 0.771. The average Bonchev–Trinajstić information content (AvgIpc) is 2.21. The molecule has 5 heteroatoms. The standard InChI is InChI=1S/C9H7Br2NO2/c1-9(14)7-5(11)2-4(10)3-6(7)12-8(9)13/h2-3,14H,1H3,(H,12,13)/t9-/m1/s1. The SMILES string of the molecule is C[C@]1(O)C(=O)Nc2cc(Br)cc(Br)c21. The Morgan fingerprint density at radius 1 is 1.43 bits per heavy atom. The number of anilines is 1. The number of rotatable bonds is 0. The molecular formula is C9H7Br2NO2. The molecule has 1 heterocycles. The second kappa shape index (κ2) is 3.05. The summed E-state index contributed by atoms with van der Waals surface area (Å²) in [4.78, 5) is 11.4. The van der Waals surface area contributed by atoms with E-state index in [4.69, 9.17) is 0 Å². The normalized spacial score (nSPS) is 24.7. The van der Waals surface area contributed by atoms with E-state index >= 15 is 0 Å². The summed E-state index contributed by atoms with van der Waals surface area (Å²) in [5.41, 5.74) is -0.221. The van der Waals surface area contributed by atoms with Gasteiger partial charge in [0.2, 0.25) is 0 Å². The van der Waals surface area contributed by atoms with Crippen LogP contribution in [0.2, 0.25) is 0 Å². The molecule has 0 radical (unpaired) electrons. The molecule has 1 aliphatic heterocycles. The van der Waals surface area contributed by atoms with Crippen molar-refractivity contribution >= 4 is 43.5 Å². The van der Waals surface area contributed by atoms with Gasteiger partial charge in [-0.2, -0.15) is 0 Å².